The number of hydrogen-bond acceptors (Lipinski definition) is 3. The summed E-state index contributed by atoms with van der Waals surface area (Å²) in [6, 6.07) is 13.7. The van der Waals surface area contributed by atoms with E-state index in [1.54, 1.807) is 29.3 Å². The van der Waals surface area contributed by atoms with E-state index in [2.05, 4.69) is 10.4 Å². The molecule has 1 N–H and O–H groups in total. The molecule has 2 aromatic heterocycles. The van der Waals surface area contributed by atoms with E-state index < -0.39 is 0 Å². The first-order valence-corrected chi connectivity index (χ1v) is 7.08. The summed E-state index contributed by atoms with van der Waals surface area (Å²) in [5.41, 5.74) is 2.22. The maximum Gasteiger partial charge on any atom is 0.254 e. The molecule has 100 valence electrons. The van der Waals surface area contributed by atoms with E-state index in [-0.39, 0.29) is 5.91 Å². The van der Waals surface area contributed by atoms with Gasteiger partial charge in [0.15, 0.2) is 0 Å². The Labute approximate surface area is 120 Å². The number of carbonyl (C=O) groups excluding carboxylic acids is 1. The van der Waals surface area contributed by atoms with E-state index >= 15 is 0 Å². The molecule has 0 atom stereocenters. The number of hydrogen-bond donors (Lipinski definition) is 1. The van der Waals surface area contributed by atoms with Gasteiger partial charge in [-0.15, -0.1) is 11.3 Å². The molecular formula is C15H13N3OS. The van der Waals surface area contributed by atoms with Crippen LogP contribution in [0.15, 0.2) is 54.0 Å². The third-order valence-corrected chi connectivity index (χ3v) is 3.84. The zero-order valence-corrected chi connectivity index (χ0v) is 11.7. The van der Waals surface area contributed by atoms with Crippen LogP contribution in [0.3, 0.4) is 0 Å². The highest BCUT2D eigenvalue weighted by molar-refractivity contribution is 7.13. The fourth-order valence-electron chi connectivity index (χ4n) is 1.98. The molecule has 0 saturated carbocycles. The van der Waals surface area contributed by atoms with E-state index in [0.29, 0.717) is 11.3 Å². The molecule has 0 spiro atoms. The molecule has 0 bridgehead atoms. The fraction of sp³-hybridized carbons (Fsp3) is 0.0667. The third kappa shape index (κ3) is 2.23. The minimum Gasteiger partial charge on any atom is -0.355 e. The maximum atomic E-state index is 12.0. The van der Waals surface area contributed by atoms with Gasteiger partial charge < -0.3 is 5.32 Å². The van der Waals surface area contributed by atoms with E-state index in [1.165, 1.54) is 0 Å². The molecule has 0 unspecified atom stereocenters. The van der Waals surface area contributed by atoms with Crippen molar-refractivity contribution in [2.75, 3.05) is 7.05 Å². The third-order valence-electron chi connectivity index (χ3n) is 2.96. The van der Waals surface area contributed by atoms with E-state index in [9.17, 15) is 4.79 Å². The summed E-state index contributed by atoms with van der Waals surface area (Å²) >= 11 is 1.57. The van der Waals surface area contributed by atoms with Crippen LogP contribution in [0, 0.1) is 0 Å². The summed E-state index contributed by atoms with van der Waals surface area (Å²) in [6.07, 6.45) is 1.77. The van der Waals surface area contributed by atoms with Gasteiger partial charge in [0.05, 0.1) is 16.1 Å². The van der Waals surface area contributed by atoms with Gasteiger partial charge in [0.2, 0.25) is 0 Å². The molecule has 0 aliphatic heterocycles. The Morgan fingerprint density at radius 3 is 2.65 bits per heavy atom. The number of nitrogens with zero attached hydrogens (tertiary/aromatic N) is 2. The van der Waals surface area contributed by atoms with Gasteiger partial charge in [-0.05, 0) is 23.6 Å². The monoisotopic (exact) mass is 283 g/mol. The van der Waals surface area contributed by atoms with Gasteiger partial charge >= 0.3 is 0 Å². The molecule has 5 heteroatoms. The lowest BCUT2D eigenvalue weighted by Crippen LogP contribution is -2.17. The normalized spacial score (nSPS) is 10.4. The van der Waals surface area contributed by atoms with Crippen LogP contribution in [0.5, 0.6) is 0 Å². The lowest BCUT2D eigenvalue weighted by Gasteiger charge is -1.98. The van der Waals surface area contributed by atoms with Crippen molar-refractivity contribution in [1.29, 1.82) is 0 Å². The van der Waals surface area contributed by atoms with Crippen LogP contribution >= 0.6 is 11.3 Å². The Morgan fingerprint density at radius 1 is 1.20 bits per heavy atom. The minimum absolute atomic E-state index is 0.129. The second-order valence-corrected chi connectivity index (χ2v) is 5.18. The Kier molecular flexibility index (Phi) is 3.35. The number of nitrogens with one attached hydrogen (secondary N) is 1. The zero-order chi connectivity index (χ0) is 13.9. The van der Waals surface area contributed by atoms with Crippen LogP contribution in [-0.2, 0) is 0 Å². The van der Waals surface area contributed by atoms with Crippen LogP contribution < -0.4 is 5.32 Å². The molecule has 1 aromatic carbocycles. The van der Waals surface area contributed by atoms with Crippen molar-refractivity contribution in [1.82, 2.24) is 15.1 Å². The highest BCUT2D eigenvalue weighted by Crippen LogP contribution is 2.27. The highest BCUT2D eigenvalue weighted by Gasteiger charge is 2.18. The number of amides is 1. The predicted molar refractivity (Wildman–Crippen MR) is 80.3 cm³/mol. The lowest BCUT2D eigenvalue weighted by atomic mass is 10.2. The molecule has 4 nitrogen and oxygen atoms in total. The number of aromatic nitrogens is 2. The van der Waals surface area contributed by atoms with Crippen molar-refractivity contribution in [3.63, 3.8) is 0 Å². The quantitative estimate of drug-likeness (QED) is 0.803. The summed E-state index contributed by atoms with van der Waals surface area (Å²) in [7, 11) is 1.63. The number of benzene rings is 1. The molecule has 0 fully saturated rings. The highest BCUT2D eigenvalue weighted by atomic mass is 32.1. The number of carbonyl (C=O) groups is 1. The van der Waals surface area contributed by atoms with Gasteiger partial charge in [-0.3, -0.25) is 4.79 Å². The molecule has 0 aliphatic rings. The standard InChI is InChI=1S/C15H13N3OS/c1-16-15(19)12-10-18(11-6-3-2-4-7-11)17-14(12)13-8-5-9-20-13/h2-10H,1H3,(H,16,19). The number of para-hydroxylation sites is 1. The first kappa shape index (κ1) is 12.6. The van der Waals surface area contributed by atoms with Crippen LogP contribution in [0.25, 0.3) is 16.3 Å². The maximum absolute atomic E-state index is 12.0. The second kappa shape index (κ2) is 5.30. The zero-order valence-electron chi connectivity index (χ0n) is 10.9. The molecule has 0 aliphatic carbocycles. The first-order valence-electron chi connectivity index (χ1n) is 6.20. The van der Waals surface area contributed by atoms with Crippen LogP contribution in [-0.4, -0.2) is 22.7 Å². The summed E-state index contributed by atoms with van der Waals surface area (Å²) in [6.45, 7) is 0. The predicted octanol–water partition coefficient (Wildman–Crippen LogP) is 2.96. The second-order valence-electron chi connectivity index (χ2n) is 4.23. The molecule has 20 heavy (non-hydrogen) atoms. The van der Waals surface area contributed by atoms with Gasteiger partial charge in [0.1, 0.15) is 5.69 Å². The average Bonchev–Trinajstić information content (AvgIpc) is 3.16. The Morgan fingerprint density at radius 2 is 2.00 bits per heavy atom. The topological polar surface area (TPSA) is 46.9 Å². The summed E-state index contributed by atoms with van der Waals surface area (Å²) in [4.78, 5) is 13.0. The number of thiophene rings is 1. The first-order chi connectivity index (χ1) is 9.79. The van der Waals surface area contributed by atoms with Gasteiger partial charge in [-0.25, -0.2) is 4.68 Å². The van der Waals surface area contributed by atoms with Crippen molar-refractivity contribution in [2.24, 2.45) is 0 Å². The Bertz CT molecular complexity index is 717. The Balaban J connectivity index is 2.14. The van der Waals surface area contributed by atoms with Crippen molar-refractivity contribution in [2.45, 2.75) is 0 Å². The average molecular weight is 283 g/mol. The van der Waals surface area contributed by atoms with Crippen LogP contribution in [0.2, 0.25) is 0 Å². The molecule has 2 heterocycles. The van der Waals surface area contributed by atoms with Crippen molar-refractivity contribution in [3.05, 3.63) is 59.6 Å². The van der Waals surface area contributed by atoms with Crippen molar-refractivity contribution >= 4 is 17.2 Å². The van der Waals surface area contributed by atoms with Crippen molar-refractivity contribution < 1.29 is 4.79 Å². The van der Waals surface area contributed by atoms with Crippen LogP contribution in [0.1, 0.15) is 10.4 Å². The largest absolute Gasteiger partial charge is 0.355 e. The van der Waals surface area contributed by atoms with Gasteiger partial charge in [0, 0.05) is 13.2 Å². The molecule has 3 aromatic rings. The lowest BCUT2D eigenvalue weighted by molar-refractivity contribution is 0.0963. The summed E-state index contributed by atoms with van der Waals surface area (Å²) in [5.74, 6) is -0.129. The molecule has 0 radical (unpaired) electrons. The van der Waals surface area contributed by atoms with E-state index in [1.807, 2.05) is 47.8 Å². The SMILES string of the molecule is CNC(=O)c1cn(-c2ccccc2)nc1-c1cccs1. The molecule has 3 rings (SSSR count). The summed E-state index contributed by atoms with van der Waals surface area (Å²) in [5, 5.41) is 9.20. The smallest absolute Gasteiger partial charge is 0.254 e. The fourth-order valence-corrected chi connectivity index (χ4v) is 2.71. The molecular weight excluding hydrogens is 270 g/mol. The Hall–Kier alpha value is -2.40. The van der Waals surface area contributed by atoms with Crippen LogP contribution in [0.4, 0.5) is 0 Å². The van der Waals surface area contributed by atoms with Gasteiger partial charge in [-0.1, -0.05) is 24.3 Å². The molecule has 1 amide bonds. The van der Waals surface area contributed by atoms with E-state index in [4.69, 9.17) is 0 Å². The summed E-state index contributed by atoms with van der Waals surface area (Å²) < 4.78 is 1.74. The van der Waals surface area contributed by atoms with E-state index in [0.717, 1.165) is 10.6 Å². The van der Waals surface area contributed by atoms with Gasteiger partial charge in [0.25, 0.3) is 5.91 Å². The molecule has 0 saturated heterocycles. The van der Waals surface area contributed by atoms with Gasteiger partial charge in [-0.2, -0.15) is 5.10 Å². The number of rotatable bonds is 3. The minimum atomic E-state index is -0.129. The van der Waals surface area contributed by atoms with Crippen molar-refractivity contribution in [3.8, 4) is 16.3 Å².